The summed E-state index contributed by atoms with van der Waals surface area (Å²) >= 11 is 5.67. The van der Waals surface area contributed by atoms with E-state index in [4.69, 9.17) is 11.6 Å². The van der Waals surface area contributed by atoms with Crippen molar-refractivity contribution >= 4 is 23.1 Å². The van der Waals surface area contributed by atoms with Crippen LogP contribution in [0, 0.1) is 10.1 Å². The zero-order chi connectivity index (χ0) is 13.2. The molecule has 0 bridgehead atoms. The third-order valence-corrected chi connectivity index (χ3v) is 3.36. The van der Waals surface area contributed by atoms with E-state index < -0.39 is 10.5 Å². The number of aromatic nitrogens is 1. The molecule has 0 unspecified atom stereocenters. The fourth-order valence-electron chi connectivity index (χ4n) is 2.16. The first-order valence-electron chi connectivity index (χ1n) is 5.76. The van der Waals surface area contributed by atoms with E-state index in [1.807, 2.05) is 0 Å². The summed E-state index contributed by atoms with van der Waals surface area (Å²) in [7, 11) is 0. The molecule has 6 nitrogen and oxygen atoms in total. The van der Waals surface area contributed by atoms with Gasteiger partial charge in [-0.2, -0.15) is 0 Å². The van der Waals surface area contributed by atoms with Crippen molar-refractivity contribution < 1.29 is 10.0 Å². The third-order valence-electron chi connectivity index (χ3n) is 3.15. The minimum Gasteiger partial charge on any atom is -0.388 e. The summed E-state index contributed by atoms with van der Waals surface area (Å²) in [6.07, 6.45) is 4.72. The molecule has 98 valence electrons. The fourth-order valence-corrected chi connectivity index (χ4v) is 2.31. The summed E-state index contributed by atoms with van der Waals surface area (Å²) in [5.74, 6) is 0.143. The number of nitrogens with one attached hydrogen (secondary N) is 1. The van der Waals surface area contributed by atoms with Crippen LogP contribution < -0.4 is 5.32 Å². The molecule has 0 aromatic carbocycles. The van der Waals surface area contributed by atoms with Gasteiger partial charge in [-0.05, 0) is 12.8 Å². The Kier molecular flexibility index (Phi) is 3.68. The number of hydrogen-bond acceptors (Lipinski definition) is 5. The quantitative estimate of drug-likeness (QED) is 0.648. The zero-order valence-electron chi connectivity index (χ0n) is 9.73. The van der Waals surface area contributed by atoms with Crippen LogP contribution in [0.1, 0.15) is 25.7 Å². The maximum Gasteiger partial charge on any atom is 0.312 e. The third kappa shape index (κ3) is 2.88. The van der Waals surface area contributed by atoms with Gasteiger partial charge in [-0.25, -0.2) is 4.98 Å². The van der Waals surface area contributed by atoms with Crippen molar-refractivity contribution in [3.8, 4) is 0 Å². The Morgan fingerprint density at radius 2 is 2.22 bits per heavy atom. The van der Waals surface area contributed by atoms with Crippen LogP contribution in [0.15, 0.2) is 12.3 Å². The number of nitro groups is 1. The average Bonchev–Trinajstić information content (AvgIpc) is 2.75. The molecule has 0 spiro atoms. The van der Waals surface area contributed by atoms with E-state index in [9.17, 15) is 15.2 Å². The summed E-state index contributed by atoms with van der Waals surface area (Å²) in [5.41, 5.74) is -0.959. The van der Waals surface area contributed by atoms with Gasteiger partial charge in [-0.1, -0.05) is 24.4 Å². The van der Waals surface area contributed by atoms with Gasteiger partial charge in [0.15, 0.2) is 0 Å². The Bertz CT molecular complexity index is 461. The Hall–Kier alpha value is -1.40. The van der Waals surface area contributed by atoms with Gasteiger partial charge in [0.25, 0.3) is 0 Å². The lowest BCUT2D eigenvalue weighted by Crippen LogP contribution is -2.33. The number of nitrogens with zero attached hydrogens (tertiary/aromatic N) is 2. The van der Waals surface area contributed by atoms with E-state index in [2.05, 4.69) is 10.3 Å². The second kappa shape index (κ2) is 5.07. The molecule has 1 heterocycles. The van der Waals surface area contributed by atoms with Crippen LogP contribution in [-0.4, -0.2) is 27.2 Å². The molecule has 0 amide bonds. The summed E-state index contributed by atoms with van der Waals surface area (Å²) in [6, 6.07) is 1.25. The Balaban J connectivity index is 2.11. The maximum atomic E-state index is 10.9. The van der Waals surface area contributed by atoms with Crippen LogP contribution in [0.25, 0.3) is 0 Å². The van der Waals surface area contributed by atoms with Crippen molar-refractivity contribution in [1.82, 2.24) is 4.98 Å². The number of anilines is 1. The molecule has 1 fully saturated rings. The smallest absolute Gasteiger partial charge is 0.312 e. The van der Waals surface area contributed by atoms with Gasteiger partial charge in [0.1, 0.15) is 0 Å². The summed E-state index contributed by atoms with van der Waals surface area (Å²) < 4.78 is 0. The number of halogens is 1. The maximum absolute atomic E-state index is 10.9. The van der Waals surface area contributed by atoms with Crippen molar-refractivity contribution in [3.63, 3.8) is 0 Å². The standard InChI is InChI=1S/C11H14ClN3O3/c12-8-5-9(15(17)18)10(13-6-8)14-7-11(16)3-1-2-4-11/h5-6,16H,1-4,7H2,(H,13,14). The van der Waals surface area contributed by atoms with Gasteiger partial charge in [0.05, 0.1) is 15.5 Å². The molecule has 0 radical (unpaired) electrons. The van der Waals surface area contributed by atoms with Crippen LogP contribution >= 0.6 is 11.6 Å². The van der Waals surface area contributed by atoms with Crippen LogP contribution in [0.5, 0.6) is 0 Å². The van der Waals surface area contributed by atoms with E-state index in [0.29, 0.717) is 12.8 Å². The first-order valence-corrected chi connectivity index (χ1v) is 6.14. The van der Waals surface area contributed by atoms with Crippen LogP contribution in [0.4, 0.5) is 11.5 Å². The normalized spacial score (nSPS) is 17.7. The number of hydrogen-bond donors (Lipinski definition) is 2. The first-order chi connectivity index (χ1) is 8.50. The second-order valence-corrected chi connectivity index (χ2v) is 5.00. The van der Waals surface area contributed by atoms with Gasteiger partial charge in [-0.15, -0.1) is 0 Å². The molecule has 0 saturated heterocycles. The van der Waals surface area contributed by atoms with E-state index in [0.717, 1.165) is 12.8 Å². The fraction of sp³-hybridized carbons (Fsp3) is 0.545. The number of aliphatic hydroxyl groups is 1. The molecule has 1 aliphatic rings. The van der Waals surface area contributed by atoms with Gasteiger partial charge in [0.2, 0.25) is 5.82 Å². The van der Waals surface area contributed by atoms with E-state index in [1.165, 1.54) is 12.3 Å². The molecule has 1 aliphatic carbocycles. The number of rotatable bonds is 4. The van der Waals surface area contributed by atoms with E-state index in [1.54, 1.807) is 0 Å². The highest BCUT2D eigenvalue weighted by molar-refractivity contribution is 6.30. The summed E-state index contributed by atoms with van der Waals surface area (Å²) in [6.45, 7) is 0.266. The first kappa shape index (κ1) is 13.0. The lowest BCUT2D eigenvalue weighted by molar-refractivity contribution is -0.384. The molecule has 1 aromatic heterocycles. The van der Waals surface area contributed by atoms with Crippen molar-refractivity contribution in [2.75, 3.05) is 11.9 Å². The minimum absolute atomic E-state index is 0.143. The Labute approximate surface area is 109 Å². The monoisotopic (exact) mass is 271 g/mol. The molecule has 7 heteroatoms. The van der Waals surface area contributed by atoms with Gasteiger partial charge < -0.3 is 10.4 Å². The predicted molar refractivity (Wildman–Crippen MR) is 67.8 cm³/mol. The van der Waals surface area contributed by atoms with Crippen LogP contribution in [0.2, 0.25) is 5.02 Å². The van der Waals surface area contributed by atoms with Gasteiger partial charge in [0, 0.05) is 18.8 Å². The largest absolute Gasteiger partial charge is 0.388 e. The topological polar surface area (TPSA) is 88.3 Å². The van der Waals surface area contributed by atoms with Crippen molar-refractivity contribution in [2.45, 2.75) is 31.3 Å². The highest BCUT2D eigenvalue weighted by Gasteiger charge is 2.31. The average molecular weight is 272 g/mol. The van der Waals surface area contributed by atoms with Crippen LogP contribution in [0.3, 0.4) is 0 Å². The van der Waals surface area contributed by atoms with Crippen molar-refractivity contribution in [3.05, 3.63) is 27.4 Å². The molecule has 0 aliphatic heterocycles. The minimum atomic E-state index is -0.783. The zero-order valence-corrected chi connectivity index (χ0v) is 10.5. The lowest BCUT2D eigenvalue weighted by Gasteiger charge is -2.22. The van der Waals surface area contributed by atoms with E-state index in [-0.39, 0.29) is 23.1 Å². The van der Waals surface area contributed by atoms with Crippen molar-refractivity contribution in [2.24, 2.45) is 0 Å². The Morgan fingerprint density at radius 1 is 1.56 bits per heavy atom. The highest BCUT2D eigenvalue weighted by atomic mass is 35.5. The number of pyridine rings is 1. The molecular formula is C11H14ClN3O3. The molecule has 18 heavy (non-hydrogen) atoms. The SMILES string of the molecule is O=[N+]([O-])c1cc(Cl)cnc1NCC1(O)CCCC1. The molecule has 0 atom stereocenters. The molecule has 1 saturated carbocycles. The highest BCUT2D eigenvalue weighted by Crippen LogP contribution is 2.31. The second-order valence-electron chi connectivity index (χ2n) is 4.56. The van der Waals surface area contributed by atoms with Gasteiger partial charge in [-0.3, -0.25) is 10.1 Å². The Morgan fingerprint density at radius 3 is 2.83 bits per heavy atom. The molecule has 2 rings (SSSR count). The predicted octanol–water partition coefficient (Wildman–Crippen LogP) is 2.36. The lowest BCUT2D eigenvalue weighted by atomic mass is 10.0. The molecular weight excluding hydrogens is 258 g/mol. The van der Waals surface area contributed by atoms with Gasteiger partial charge >= 0.3 is 5.69 Å². The summed E-state index contributed by atoms with van der Waals surface area (Å²) in [5, 5.41) is 24.1. The van der Waals surface area contributed by atoms with Crippen LogP contribution in [-0.2, 0) is 0 Å². The summed E-state index contributed by atoms with van der Waals surface area (Å²) in [4.78, 5) is 14.2. The molecule has 1 aromatic rings. The van der Waals surface area contributed by atoms with Crippen molar-refractivity contribution in [1.29, 1.82) is 0 Å². The van der Waals surface area contributed by atoms with E-state index >= 15 is 0 Å². The molecule has 2 N–H and O–H groups in total.